The number of amides is 1. The lowest BCUT2D eigenvalue weighted by molar-refractivity contribution is -0.128. The van der Waals surface area contributed by atoms with Crippen LogP contribution in [0.25, 0.3) is 0 Å². The molecule has 0 aliphatic carbocycles. The van der Waals surface area contributed by atoms with Gasteiger partial charge in [0.25, 0.3) is 0 Å². The molecule has 0 saturated carbocycles. The lowest BCUT2D eigenvalue weighted by Crippen LogP contribution is -2.34. The molecular formula is C11H21N5OS. The molecule has 7 heteroatoms. The van der Waals surface area contributed by atoms with Gasteiger partial charge in [-0.15, -0.1) is 10.2 Å². The number of hydrogen-bond acceptors (Lipinski definition) is 5. The minimum Gasteiger partial charge on any atom is -0.342 e. The number of thioether (sulfide) groups is 1. The van der Waals surface area contributed by atoms with Crippen LogP contribution in [-0.2, 0) is 4.79 Å². The number of nitrogens with zero attached hydrogens (tertiary/aromatic N) is 4. The molecule has 0 atom stereocenters. The van der Waals surface area contributed by atoms with Crippen molar-refractivity contribution in [1.82, 2.24) is 19.8 Å². The number of aryl methyl sites for hydroxylation is 1. The summed E-state index contributed by atoms with van der Waals surface area (Å²) in [6.45, 7) is 7.54. The van der Waals surface area contributed by atoms with Crippen LogP contribution in [-0.4, -0.2) is 44.5 Å². The molecule has 0 fully saturated rings. The van der Waals surface area contributed by atoms with Crippen LogP contribution in [0.5, 0.6) is 0 Å². The maximum absolute atomic E-state index is 12.0. The predicted octanol–water partition coefficient (Wildman–Crippen LogP) is 1.04. The summed E-state index contributed by atoms with van der Waals surface area (Å²) in [6, 6.07) is 0. The van der Waals surface area contributed by atoms with E-state index in [9.17, 15) is 4.79 Å². The Morgan fingerprint density at radius 2 is 1.94 bits per heavy atom. The van der Waals surface area contributed by atoms with Gasteiger partial charge in [-0.1, -0.05) is 25.6 Å². The molecule has 2 N–H and O–H groups in total. The van der Waals surface area contributed by atoms with Crippen LogP contribution in [0.4, 0.5) is 0 Å². The van der Waals surface area contributed by atoms with Crippen molar-refractivity contribution in [3.05, 3.63) is 5.82 Å². The molecule has 1 rings (SSSR count). The van der Waals surface area contributed by atoms with E-state index in [0.717, 1.165) is 25.9 Å². The molecule has 0 saturated heterocycles. The molecule has 0 radical (unpaired) electrons. The standard InChI is InChI=1S/C11H21N5OS/c1-4-6-15(7-5-2)10(17)8-18-11-14-13-9(3)16(11)12/h4-8,12H2,1-3H3. The van der Waals surface area contributed by atoms with Gasteiger partial charge in [0.2, 0.25) is 11.1 Å². The third-order valence-electron chi connectivity index (χ3n) is 2.50. The smallest absolute Gasteiger partial charge is 0.233 e. The molecule has 0 unspecified atom stereocenters. The topological polar surface area (TPSA) is 77.0 Å². The molecule has 0 bridgehead atoms. The average molecular weight is 271 g/mol. The van der Waals surface area contributed by atoms with Crippen LogP contribution in [0.3, 0.4) is 0 Å². The van der Waals surface area contributed by atoms with E-state index in [1.54, 1.807) is 6.92 Å². The summed E-state index contributed by atoms with van der Waals surface area (Å²) >= 11 is 1.33. The van der Waals surface area contributed by atoms with Gasteiger partial charge in [0.05, 0.1) is 5.75 Å². The first kappa shape index (κ1) is 14.8. The van der Waals surface area contributed by atoms with Crippen molar-refractivity contribution in [3.63, 3.8) is 0 Å². The van der Waals surface area contributed by atoms with Crippen LogP contribution in [0.1, 0.15) is 32.5 Å². The zero-order valence-electron chi connectivity index (χ0n) is 11.2. The van der Waals surface area contributed by atoms with E-state index in [1.165, 1.54) is 16.4 Å². The summed E-state index contributed by atoms with van der Waals surface area (Å²) in [5.41, 5.74) is 0. The summed E-state index contributed by atoms with van der Waals surface area (Å²) < 4.78 is 1.40. The van der Waals surface area contributed by atoms with Gasteiger partial charge in [-0.3, -0.25) is 4.79 Å². The molecule has 0 aliphatic rings. The second kappa shape index (κ2) is 7.25. The molecule has 1 aromatic rings. The highest BCUT2D eigenvalue weighted by atomic mass is 32.2. The lowest BCUT2D eigenvalue weighted by atomic mass is 10.3. The van der Waals surface area contributed by atoms with Crippen LogP contribution in [0.2, 0.25) is 0 Å². The SMILES string of the molecule is CCCN(CCC)C(=O)CSc1nnc(C)n1N. The maximum atomic E-state index is 12.0. The minimum absolute atomic E-state index is 0.129. The first-order chi connectivity index (χ1) is 8.60. The Labute approximate surface area is 112 Å². The fourth-order valence-electron chi connectivity index (χ4n) is 1.57. The quantitative estimate of drug-likeness (QED) is 0.592. The highest BCUT2D eigenvalue weighted by molar-refractivity contribution is 7.99. The monoisotopic (exact) mass is 271 g/mol. The fourth-order valence-corrected chi connectivity index (χ4v) is 2.37. The summed E-state index contributed by atoms with van der Waals surface area (Å²) in [5, 5.41) is 8.35. The van der Waals surface area contributed by atoms with E-state index in [1.807, 2.05) is 4.90 Å². The van der Waals surface area contributed by atoms with Gasteiger partial charge in [0, 0.05) is 13.1 Å². The van der Waals surface area contributed by atoms with E-state index in [-0.39, 0.29) is 5.91 Å². The van der Waals surface area contributed by atoms with Gasteiger partial charge in [-0.2, -0.15) is 0 Å². The Morgan fingerprint density at radius 1 is 1.33 bits per heavy atom. The number of carbonyl (C=O) groups is 1. The van der Waals surface area contributed by atoms with E-state index < -0.39 is 0 Å². The summed E-state index contributed by atoms with van der Waals surface area (Å²) in [4.78, 5) is 13.9. The first-order valence-electron chi connectivity index (χ1n) is 6.17. The molecule has 18 heavy (non-hydrogen) atoms. The van der Waals surface area contributed by atoms with E-state index in [4.69, 9.17) is 5.84 Å². The summed E-state index contributed by atoms with van der Waals surface area (Å²) in [7, 11) is 0. The van der Waals surface area contributed by atoms with E-state index in [2.05, 4.69) is 24.0 Å². The lowest BCUT2D eigenvalue weighted by Gasteiger charge is -2.20. The molecule has 0 aliphatic heterocycles. The Morgan fingerprint density at radius 3 is 2.39 bits per heavy atom. The Kier molecular flexibility index (Phi) is 5.97. The van der Waals surface area contributed by atoms with Crippen molar-refractivity contribution >= 4 is 17.7 Å². The molecule has 0 spiro atoms. The zero-order chi connectivity index (χ0) is 13.5. The second-order valence-corrected chi connectivity index (χ2v) is 5.01. The third kappa shape index (κ3) is 3.90. The van der Waals surface area contributed by atoms with Crippen LogP contribution in [0, 0.1) is 6.92 Å². The Hall–Kier alpha value is -1.24. The van der Waals surface area contributed by atoms with E-state index in [0.29, 0.717) is 16.7 Å². The fraction of sp³-hybridized carbons (Fsp3) is 0.727. The zero-order valence-corrected chi connectivity index (χ0v) is 12.0. The molecule has 6 nitrogen and oxygen atoms in total. The number of aromatic nitrogens is 3. The highest BCUT2D eigenvalue weighted by Crippen LogP contribution is 2.15. The molecule has 1 aromatic heterocycles. The van der Waals surface area contributed by atoms with Crippen molar-refractivity contribution in [2.24, 2.45) is 0 Å². The Balaban J connectivity index is 2.51. The normalized spacial score (nSPS) is 10.6. The van der Waals surface area contributed by atoms with Gasteiger partial charge in [0.15, 0.2) is 0 Å². The summed E-state index contributed by atoms with van der Waals surface area (Å²) in [6.07, 6.45) is 1.95. The molecule has 1 amide bonds. The van der Waals surface area contributed by atoms with E-state index >= 15 is 0 Å². The number of carbonyl (C=O) groups excluding carboxylic acids is 1. The number of hydrogen-bond donors (Lipinski definition) is 1. The maximum Gasteiger partial charge on any atom is 0.233 e. The van der Waals surface area contributed by atoms with Crippen LogP contribution < -0.4 is 5.84 Å². The van der Waals surface area contributed by atoms with Crippen molar-refractivity contribution in [2.45, 2.75) is 38.8 Å². The third-order valence-corrected chi connectivity index (χ3v) is 3.43. The average Bonchev–Trinajstić information content (AvgIpc) is 2.67. The van der Waals surface area contributed by atoms with Gasteiger partial charge in [0.1, 0.15) is 5.82 Å². The van der Waals surface area contributed by atoms with Crippen molar-refractivity contribution < 1.29 is 4.79 Å². The van der Waals surface area contributed by atoms with Gasteiger partial charge >= 0.3 is 0 Å². The molecule has 102 valence electrons. The minimum atomic E-state index is 0.129. The predicted molar refractivity (Wildman–Crippen MR) is 72.8 cm³/mol. The largest absolute Gasteiger partial charge is 0.342 e. The molecular weight excluding hydrogens is 250 g/mol. The van der Waals surface area contributed by atoms with Crippen LogP contribution >= 0.6 is 11.8 Å². The summed E-state index contributed by atoms with van der Waals surface area (Å²) in [5.74, 6) is 6.86. The molecule has 1 heterocycles. The second-order valence-electron chi connectivity index (χ2n) is 4.07. The molecule has 0 aromatic carbocycles. The van der Waals surface area contributed by atoms with Crippen LogP contribution in [0.15, 0.2) is 5.16 Å². The number of nitrogen functional groups attached to an aromatic ring is 1. The van der Waals surface area contributed by atoms with Gasteiger partial charge in [-0.05, 0) is 19.8 Å². The number of rotatable bonds is 7. The number of nitrogens with two attached hydrogens (primary N) is 1. The first-order valence-corrected chi connectivity index (χ1v) is 7.16. The highest BCUT2D eigenvalue weighted by Gasteiger charge is 2.14. The van der Waals surface area contributed by atoms with Crippen molar-refractivity contribution in [3.8, 4) is 0 Å². The van der Waals surface area contributed by atoms with Gasteiger partial charge < -0.3 is 10.7 Å². The Bertz CT molecular complexity index is 387. The van der Waals surface area contributed by atoms with Gasteiger partial charge in [-0.25, -0.2) is 4.68 Å². The van der Waals surface area contributed by atoms with Crippen molar-refractivity contribution in [2.75, 3.05) is 24.7 Å². The van der Waals surface area contributed by atoms with Crippen molar-refractivity contribution in [1.29, 1.82) is 0 Å².